The lowest BCUT2D eigenvalue weighted by atomic mass is 10.1. The molecule has 0 saturated carbocycles. The van der Waals surface area contributed by atoms with Crippen molar-refractivity contribution in [2.24, 2.45) is 0 Å². The fraction of sp³-hybridized carbons (Fsp3) is 0.231. The first-order chi connectivity index (χ1) is 15.7. The number of fused-ring (bicyclic) bond motifs is 1. The molecule has 2 aromatic carbocycles. The van der Waals surface area contributed by atoms with Crippen molar-refractivity contribution in [1.82, 2.24) is 14.3 Å². The Balaban J connectivity index is 1.60. The molecule has 0 fully saturated rings. The van der Waals surface area contributed by atoms with Crippen LogP contribution in [-0.4, -0.2) is 40.4 Å². The van der Waals surface area contributed by atoms with Gasteiger partial charge >= 0.3 is 0 Å². The highest BCUT2D eigenvalue weighted by atomic mass is 16.5. The molecule has 0 saturated heterocycles. The monoisotopic (exact) mass is 428 g/mol. The molecule has 6 heteroatoms. The Morgan fingerprint density at radius 3 is 2.56 bits per heavy atom. The van der Waals surface area contributed by atoms with Gasteiger partial charge in [-0.15, -0.1) is 0 Å². The van der Waals surface area contributed by atoms with Crippen molar-refractivity contribution < 1.29 is 9.53 Å². The number of amides is 1. The van der Waals surface area contributed by atoms with Crippen LogP contribution in [0.5, 0.6) is 5.75 Å². The molecule has 32 heavy (non-hydrogen) atoms. The van der Waals surface area contributed by atoms with Gasteiger partial charge in [-0.1, -0.05) is 55.5 Å². The Hall–Kier alpha value is -3.64. The van der Waals surface area contributed by atoms with Crippen molar-refractivity contribution in [1.29, 1.82) is 0 Å². The van der Waals surface area contributed by atoms with Crippen LogP contribution in [-0.2, 0) is 11.3 Å². The third-order valence-electron chi connectivity index (χ3n) is 5.34. The molecule has 0 radical (unpaired) electrons. The molecular weight excluding hydrogens is 400 g/mol. The first kappa shape index (κ1) is 21.6. The summed E-state index contributed by atoms with van der Waals surface area (Å²) in [4.78, 5) is 19.9. The van der Waals surface area contributed by atoms with Crippen molar-refractivity contribution >= 4 is 17.2 Å². The van der Waals surface area contributed by atoms with E-state index in [-0.39, 0.29) is 12.5 Å². The van der Waals surface area contributed by atoms with Crippen molar-refractivity contribution in [3.05, 3.63) is 84.7 Å². The lowest BCUT2D eigenvalue weighted by Gasteiger charge is -2.22. The van der Waals surface area contributed by atoms with E-state index in [9.17, 15) is 4.79 Å². The van der Waals surface area contributed by atoms with E-state index in [0.29, 0.717) is 18.0 Å². The van der Waals surface area contributed by atoms with Crippen LogP contribution in [0.4, 0.5) is 5.69 Å². The van der Waals surface area contributed by atoms with Gasteiger partial charge in [0.2, 0.25) is 5.91 Å². The van der Waals surface area contributed by atoms with Gasteiger partial charge in [-0.05, 0) is 37.2 Å². The number of hydrogen-bond acceptors (Lipinski definition) is 4. The van der Waals surface area contributed by atoms with Gasteiger partial charge in [0.1, 0.15) is 11.4 Å². The number of nitrogens with zero attached hydrogens (tertiary/aromatic N) is 3. The van der Waals surface area contributed by atoms with E-state index in [4.69, 9.17) is 9.72 Å². The zero-order valence-electron chi connectivity index (χ0n) is 18.5. The Bertz CT molecular complexity index is 1190. The first-order valence-electron chi connectivity index (χ1n) is 10.9. The average Bonchev–Trinajstić information content (AvgIpc) is 3.18. The molecule has 0 aliphatic rings. The van der Waals surface area contributed by atoms with Crippen LogP contribution in [0, 0.1) is 0 Å². The predicted octanol–water partition coefficient (Wildman–Crippen LogP) is 4.86. The molecule has 4 rings (SSSR count). The van der Waals surface area contributed by atoms with Crippen LogP contribution in [0.15, 0.2) is 79.0 Å². The van der Waals surface area contributed by atoms with Crippen molar-refractivity contribution in [3.8, 4) is 17.0 Å². The fourth-order valence-corrected chi connectivity index (χ4v) is 3.91. The van der Waals surface area contributed by atoms with Crippen LogP contribution in [0.3, 0.4) is 0 Å². The topological polar surface area (TPSA) is 58.9 Å². The molecule has 6 nitrogen and oxygen atoms in total. The number of carbonyl (C=O) groups excluding carboxylic acids is 1. The average molecular weight is 429 g/mol. The Labute approximate surface area is 188 Å². The van der Waals surface area contributed by atoms with E-state index in [2.05, 4.69) is 33.7 Å². The fourth-order valence-electron chi connectivity index (χ4n) is 3.91. The number of rotatable bonds is 9. The summed E-state index contributed by atoms with van der Waals surface area (Å²) in [5.41, 5.74) is 4.67. The quantitative estimate of drug-likeness (QED) is 0.414. The van der Waals surface area contributed by atoms with Crippen LogP contribution < -0.4 is 10.1 Å². The van der Waals surface area contributed by atoms with E-state index in [0.717, 1.165) is 35.6 Å². The highest BCUT2D eigenvalue weighted by molar-refractivity contribution is 5.93. The second-order valence-electron chi connectivity index (χ2n) is 7.66. The number of methoxy groups -OCH3 is 1. The summed E-state index contributed by atoms with van der Waals surface area (Å²) in [7, 11) is 1.60. The molecule has 0 aliphatic carbocycles. The van der Waals surface area contributed by atoms with Gasteiger partial charge in [0, 0.05) is 18.3 Å². The summed E-state index contributed by atoms with van der Waals surface area (Å²) in [5.74, 6) is 0.578. The Kier molecular flexibility index (Phi) is 6.82. The van der Waals surface area contributed by atoms with Gasteiger partial charge in [-0.25, -0.2) is 4.98 Å². The predicted molar refractivity (Wildman–Crippen MR) is 128 cm³/mol. The van der Waals surface area contributed by atoms with E-state index < -0.39 is 0 Å². The van der Waals surface area contributed by atoms with Crippen molar-refractivity contribution in [3.63, 3.8) is 0 Å². The second-order valence-corrected chi connectivity index (χ2v) is 7.66. The molecule has 164 valence electrons. The standard InChI is InChI=1S/C26H28N4O2/c1-3-16-29(19-25(31)27-21-13-7-8-14-23(21)32-2)18-22-26(20-11-5-4-6-12-20)28-24-15-9-10-17-30(22)24/h4-15,17H,3,16,18-19H2,1-2H3,(H,27,31). The van der Waals surface area contributed by atoms with Crippen LogP contribution >= 0.6 is 0 Å². The highest BCUT2D eigenvalue weighted by Crippen LogP contribution is 2.26. The maximum absolute atomic E-state index is 12.9. The number of anilines is 1. The lowest BCUT2D eigenvalue weighted by molar-refractivity contribution is -0.117. The molecule has 0 spiro atoms. The summed E-state index contributed by atoms with van der Waals surface area (Å²) in [6.45, 7) is 3.81. The highest BCUT2D eigenvalue weighted by Gasteiger charge is 2.19. The zero-order chi connectivity index (χ0) is 22.3. The van der Waals surface area contributed by atoms with Crippen LogP contribution in [0.1, 0.15) is 19.0 Å². The number of aromatic nitrogens is 2. The molecule has 2 heterocycles. The molecule has 0 atom stereocenters. The first-order valence-corrected chi connectivity index (χ1v) is 10.9. The maximum atomic E-state index is 12.9. The summed E-state index contributed by atoms with van der Waals surface area (Å²) in [5, 5.41) is 2.99. The van der Waals surface area contributed by atoms with Gasteiger partial charge in [-0.2, -0.15) is 0 Å². The minimum absolute atomic E-state index is 0.0713. The number of para-hydroxylation sites is 2. The normalized spacial score (nSPS) is 11.1. The number of carbonyl (C=O) groups is 1. The van der Waals surface area contributed by atoms with E-state index >= 15 is 0 Å². The second kappa shape index (κ2) is 10.1. The smallest absolute Gasteiger partial charge is 0.238 e. The third kappa shape index (κ3) is 4.81. The number of nitrogens with one attached hydrogen (secondary N) is 1. The maximum Gasteiger partial charge on any atom is 0.238 e. The van der Waals surface area contributed by atoms with Gasteiger partial charge in [-0.3, -0.25) is 9.69 Å². The summed E-state index contributed by atoms with van der Waals surface area (Å²) in [6, 6.07) is 23.6. The summed E-state index contributed by atoms with van der Waals surface area (Å²) >= 11 is 0. The number of hydrogen-bond donors (Lipinski definition) is 1. The van der Waals surface area contributed by atoms with Gasteiger partial charge < -0.3 is 14.5 Å². The Morgan fingerprint density at radius 1 is 1.03 bits per heavy atom. The Morgan fingerprint density at radius 2 is 1.78 bits per heavy atom. The van der Waals surface area contributed by atoms with Gasteiger partial charge in [0.05, 0.1) is 30.7 Å². The molecule has 0 bridgehead atoms. The van der Waals surface area contributed by atoms with E-state index in [1.807, 2.05) is 66.9 Å². The molecule has 4 aromatic rings. The van der Waals surface area contributed by atoms with Crippen molar-refractivity contribution in [2.75, 3.05) is 25.5 Å². The van der Waals surface area contributed by atoms with Gasteiger partial charge in [0.25, 0.3) is 0 Å². The van der Waals surface area contributed by atoms with Gasteiger partial charge in [0.15, 0.2) is 0 Å². The molecule has 0 unspecified atom stereocenters. The SMILES string of the molecule is CCCN(CC(=O)Nc1ccccc1OC)Cc1c(-c2ccccc2)nc2ccccn12. The van der Waals surface area contributed by atoms with E-state index in [1.165, 1.54) is 0 Å². The number of pyridine rings is 1. The zero-order valence-corrected chi connectivity index (χ0v) is 18.5. The lowest BCUT2D eigenvalue weighted by Crippen LogP contribution is -2.34. The van der Waals surface area contributed by atoms with Crippen LogP contribution in [0.25, 0.3) is 16.9 Å². The molecular formula is C26H28N4O2. The largest absolute Gasteiger partial charge is 0.495 e. The summed E-state index contributed by atoms with van der Waals surface area (Å²) in [6.07, 6.45) is 2.97. The molecule has 1 amide bonds. The van der Waals surface area contributed by atoms with E-state index in [1.54, 1.807) is 7.11 Å². The minimum Gasteiger partial charge on any atom is -0.495 e. The molecule has 0 aliphatic heterocycles. The number of imidazole rings is 1. The molecule has 2 aromatic heterocycles. The number of ether oxygens (including phenoxy) is 1. The van der Waals surface area contributed by atoms with Crippen LogP contribution in [0.2, 0.25) is 0 Å². The summed E-state index contributed by atoms with van der Waals surface area (Å²) < 4.78 is 7.47. The minimum atomic E-state index is -0.0713. The van der Waals surface area contributed by atoms with Crippen molar-refractivity contribution in [2.45, 2.75) is 19.9 Å². The molecule has 1 N–H and O–H groups in total. The number of benzene rings is 2. The third-order valence-corrected chi connectivity index (χ3v) is 5.34.